The lowest BCUT2D eigenvalue weighted by Gasteiger charge is -2.36. The van der Waals surface area contributed by atoms with Crippen LogP contribution >= 0.6 is 0 Å². The maximum atomic E-state index is 12.0. The first kappa shape index (κ1) is 16.7. The highest BCUT2D eigenvalue weighted by Gasteiger charge is 2.29. The first-order chi connectivity index (χ1) is 9.36. The minimum Gasteiger partial charge on any atom is -0.480 e. The van der Waals surface area contributed by atoms with Gasteiger partial charge in [0.2, 0.25) is 0 Å². The third-order valence-electron chi connectivity index (χ3n) is 3.90. The van der Waals surface area contributed by atoms with Crippen LogP contribution in [0.4, 0.5) is 4.79 Å². The van der Waals surface area contributed by atoms with Crippen molar-refractivity contribution in [1.82, 2.24) is 15.1 Å². The smallest absolute Gasteiger partial charge is 0.328 e. The van der Waals surface area contributed by atoms with E-state index in [9.17, 15) is 14.7 Å². The first-order valence-electron chi connectivity index (χ1n) is 7.03. The molecule has 1 aliphatic heterocycles. The summed E-state index contributed by atoms with van der Waals surface area (Å²) in [7, 11) is 1.67. The van der Waals surface area contributed by atoms with E-state index >= 15 is 0 Å². The fourth-order valence-electron chi connectivity index (χ4n) is 2.41. The second-order valence-corrected chi connectivity index (χ2v) is 5.28. The van der Waals surface area contributed by atoms with Crippen molar-refractivity contribution in [3.8, 4) is 0 Å². The van der Waals surface area contributed by atoms with Crippen molar-refractivity contribution >= 4 is 12.0 Å². The fraction of sp³-hybridized carbons (Fsp3) is 0.846. The number of carboxylic acid groups (broad SMARTS) is 1. The molecule has 0 spiro atoms. The monoisotopic (exact) mass is 287 g/mol. The Morgan fingerprint density at radius 1 is 1.40 bits per heavy atom. The molecule has 0 bridgehead atoms. The topological polar surface area (TPSA) is 93.1 Å². The van der Waals surface area contributed by atoms with E-state index in [1.54, 1.807) is 11.9 Å². The average molecular weight is 287 g/mol. The van der Waals surface area contributed by atoms with Crippen LogP contribution in [0.25, 0.3) is 0 Å². The molecule has 0 aromatic rings. The summed E-state index contributed by atoms with van der Waals surface area (Å²) in [5.74, 6) is -1.23. The number of aliphatic hydroxyl groups is 1. The van der Waals surface area contributed by atoms with E-state index in [2.05, 4.69) is 17.1 Å². The molecule has 2 atom stereocenters. The number of nitrogens with zero attached hydrogens (tertiary/aromatic N) is 2. The maximum absolute atomic E-state index is 12.0. The van der Waals surface area contributed by atoms with Crippen molar-refractivity contribution < 1.29 is 19.8 Å². The van der Waals surface area contributed by atoms with Gasteiger partial charge in [0.05, 0.1) is 6.10 Å². The predicted octanol–water partition coefficient (Wildman–Crippen LogP) is -0.0539. The highest BCUT2D eigenvalue weighted by molar-refractivity contribution is 5.83. The molecule has 2 amide bonds. The molecule has 116 valence electrons. The Bertz CT molecular complexity index is 341. The van der Waals surface area contributed by atoms with Crippen molar-refractivity contribution in [1.29, 1.82) is 0 Å². The number of urea groups is 1. The van der Waals surface area contributed by atoms with Crippen LogP contribution in [-0.4, -0.2) is 76.9 Å². The molecule has 0 unspecified atom stereocenters. The Hall–Kier alpha value is -1.34. The van der Waals surface area contributed by atoms with Crippen LogP contribution in [0.5, 0.6) is 0 Å². The average Bonchev–Trinajstić information content (AvgIpc) is 2.43. The molecule has 0 aliphatic carbocycles. The molecule has 1 rings (SSSR count). The Labute approximate surface area is 119 Å². The number of carbonyl (C=O) groups is 2. The number of likely N-dealkylation sites (tertiary alicyclic amines) is 1. The number of nitrogens with one attached hydrogen (secondary N) is 1. The third kappa shape index (κ3) is 4.35. The molecule has 1 aliphatic rings. The van der Waals surface area contributed by atoms with Gasteiger partial charge in [-0.2, -0.15) is 0 Å². The molecule has 7 heteroatoms. The maximum Gasteiger partial charge on any atom is 0.328 e. The summed E-state index contributed by atoms with van der Waals surface area (Å²) in [6.07, 6.45) is 0.626. The van der Waals surface area contributed by atoms with E-state index in [-0.39, 0.29) is 6.04 Å². The quantitative estimate of drug-likeness (QED) is 0.659. The van der Waals surface area contributed by atoms with Crippen LogP contribution in [0.2, 0.25) is 0 Å². The summed E-state index contributed by atoms with van der Waals surface area (Å²) >= 11 is 0. The molecule has 0 aromatic heterocycles. The Morgan fingerprint density at radius 3 is 2.35 bits per heavy atom. The van der Waals surface area contributed by atoms with Crippen molar-refractivity contribution in [3.05, 3.63) is 0 Å². The van der Waals surface area contributed by atoms with Crippen molar-refractivity contribution in [2.45, 2.75) is 44.9 Å². The molecule has 20 heavy (non-hydrogen) atoms. The normalized spacial score (nSPS) is 20.2. The van der Waals surface area contributed by atoms with E-state index < -0.39 is 24.1 Å². The predicted molar refractivity (Wildman–Crippen MR) is 74.5 cm³/mol. The number of piperidine rings is 1. The van der Waals surface area contributed by atoms with Crippen LogP contribution < -0.4 is 5.32 Å². The van der Waals surface area contributed by atoms with Gasteiger partial charge < -0.3 is 25.3 Å². The summed E-state index contributed by atoms with van der Waals surface area (Å²) in [5.41, 5.74) is 0. The van der Waals surface area contributed by atoms with E-state index in [0.29, 0.717) is 0 Å². The number of hydrogen-bond acceptors (Lipinski definition) is 4. The Kier molecular flexibility index (Phi) is 6.22. The lowest BCUT2D eigenvalue weighted by molar-refractivity contribution is -0.141. The second-order valence-electron chi connectivity index (χ2n) is 5.28. The SMILES string of the molecule is CCN1CCC(N(C)C(=O)N[C@H](C(=O)O)[C@@H](C)O)CC1. The lowest BCUT2D eigenvalue weighted by atomic mass is 10.0. The number of aliphatic carboxylic acids is 1. The van der Waals surface area contributed by atoms with Gasteiger partial charge in [0, 0.05) is 26.2 Å². The first-order valence-corrected chi connectivity index (χ1v) is 7.03. The fourth-order valence-corrected chi connectivity index (χ4v) is 2.41. The number of carbonyl (C=O) groups excluding carboxylic acids is 1. The van der Waals surface area contributed by atoms with Gasteiger partial charge in [0.1, 0.15) is 0 Å². The van der Waals surface area contributed by atoms with Gasteiger partial charge in [-0.05, 0) is 26.3 Å². The summed E-state index contributed by atoms with van der Waals surface area (Å²) < 4.78 is 0. The molecule has 3 N–H and O–H groups in total. The molecule has 0 radical (unpaired) electrons. The van der Waals surface area contributed by atoms with Crippen LogP contribution in [-0.2, 0) is 4.79 Å². The van der Waals surface area contributed by atoms with Crippen molar-refractivity contribution in [3.63, 3.8) is 0 Å². The zero-order chi connectivity index (χ0) is 15.3. The Balaban J connectivity index is 2.52. The second kappa shape index (κ2) is 7.44. The van der Waals surface area contributed by atoms with Crippen LogP contribution in [0.15, 0.2) is 0 Å². The van der Waals surface area contributed by atoms with Gasteiger partial charge in [-0.1, -0.05) is 6.92 Å². The van der Waals surface area contributed by atoms with E-state index in [0.717, 1.165) is 32.5 Å². The highest BCUT2D eigenvalue weighted by atomic mass is 16.4. The van der Waals surface area contributed by atoms with E-state index in [1.807, 2.05) is 0 Å². The van der Waals surface area contributed by atoms with Crippen LogP contribution in [0.1, 0.15) is 26.7 Å². The van der Waals surface area contributed by atoms with E-state index in [1.165, 1.54) is 6.92 Å². The summed E-state index contributed by atoms with van der Waals surface area (Å²) in [6, 6.07) is -1.62. The molecular formula is C13H25N3O4. The van der Waals surface area contributed by atoms with Crippen molar-refractivity contribution in [2.24, 2.45) is 0 Å². The van der Waals surface area contributed by atoms with Gasteiger partial charge in [0.25, 0.3) is 0 Å². The molecule has 0 aromatic carbocycles. The standard InChI is InChI=1S/C13H25N3O4/c1-4-16-7-5-10(6-8-16)15(3)13(20)14-11(9(2)17)12(18)19/h9-11,17H,4-8H2,1-3H3,(H,14,20)(H,18,19)/t9-,11+/m1/s1. The summed E-state index contributed by atoms with van der Waals surface area (Å²) in [6.45, 7) is 6.34. The van der Waals surface area contributed by atoms with Gasteiger partial charge in [-0.3, -0.25) is 0 Å². The molecule has 1 heterocycles. The minimum atomic E-state index is -1.28. The number of amides is 2. The molecule has 1 saturated heterocycles. The largest absolute Gasteiger partial charge is 0.480 e. The molecule has 0 saturated carbocycles. The van der Waals surface area contributed by atoms with Gasteiger partial charge in [0.15, 0.2) is 6.04 Å². The minimum absolute atomic E-state index is 0.112. The van der Waals surface area contributed by atoms with E-state index in [4.69, 9.17) is 5.11 Å². The summed E-state index contributed by atoms with van der Waals surface area (Å²) in [5, 5.41) is 20.7. The number of aliphatic hydroxyl groups excluding tert-OH is 1. The third-order valence-corrected chi connectivity index (χ3v) is 3.90. The lowest BCUT2D eigenvalue weighted by Crippen LogP contribution is -2.55. The van der Waals surface area contributed by atoms with Crippen molar-refractivity contribution in [2.75, 3.05) is 26.7 Å². The van der Waals surface area contributed by atoms with Crippen LogP contribution in [0.3, 0.4) is 0 Å². The number of hydrogen-bond donors (Lipinski definition) is 3. The summed E-state index contributed by atoms with van der Waals surface area (Å²) in [4.78, 5) is 26.9. The number of carboxylic acids is 1. The van der Waals surface area contributed by atoms with Gasteiger partial charge in [-0.15, -0.1) is 0 Å². The zero-order valence-corrected chi connectivity index (χ0v) is 12.4. The molecular weight excluding hydrogens is 262 g/mol. The number of rotatable bonds is 5. The van der Waals surface area contributed by atoms with Gasteiger partial charge in [-0.25, -0.2) is 9.59 Å². The molecule has 7 nitrogen and oxygen atoms in total. The Morgan fingerprint density at radius 2 is 1.95 bits per heavy atom. The van der Waals surface area contributed by atoms with Gasteiger partial charge >= 0.3 is 12.0 Å². The molecule has 1 fully saturated rings. The zero-order valence-electron chi connectivity index (χ0n) is 12.4. The highest BCUT2D eigenvalue weighted by Crippen LogP contribution is 2.15. The van der Waals surface area contributed by atoms with Crippen LogP contribution in [0, 0.1) is 0 Å².